The summed E-state index contributed by atoms with van der Waals surface area (Å²) in [6.07, 6.45) is 3.26. The van der Waals surface area contributed by atoms with E-state index in [0.717, 1.165) is 45.7 Å². The van der Waals surface area contributed by atoms with Gasteiger partial charge in [-0.05, 0) is 18.8 Å². The Morgan fingerprint density at radius 3 is 2.73 bits per heavy atom. The molecular formula is C11H21N3O. The van der Waals surface area contributed by atoms with Gasteiger partial charge < -0.3 is 10.6 Å². The van der Waals surface area contributed by atoms with Gasteiger partial charge in [-0.2, -0.15) is 0 Å². The van der Waals surface area contributed by atoms with Crippen LogP contribution in [-0.4, -0.2) is 50.1 Å². The van der Waals surface area contributed by atoms with Gasteiger partial charge in [0.25, 0.3) is 0 Å². The Morgan fingerprint density at radius 2 is 2.07 bits per heavy atom. The number of piperazine rings is 1. The van der Waals surface area contributed by atoms with E-state index in [0.29, 0.717) is 5.92 Å². The minimum absolute atomic E-state index is 0.243. The highest BCUT2D eigenvalue weighted by molar-refractivity contribution is 5.76. The third-order valence-corrected chi connectivity index (χ3v) is 3.13. The molecule has 0 aromatic carbocycles. The predicted molar refractivity (Wildman–Crippen MR) is 59.7 cm³/mol. The minimum Gasteiger partial charge on any atom is -0.355 e. The zero-order chi connectivity index (χ0) is 10.5. The first-order valence-corrected chi connectivity index (χ1v) is 6.04. The van der Waals surface area contributed by atoms with E-state index in [4.69, 9.17) is 0 Å². The molecule has 1 aliphatic carbocycles. The molecule has 1 heterocycles. The molecule has 15 heavy (non-hydrogen) atoms. The van der Waals surface area contributed by atoms with Gasteiger partial charge in [0.05, 0.1) is 0 Å². The molecule has 1 aliphatic heterocycles. The molecule has 0 bridgehead atoms. The maximum Gasteiger partial charge on any atom is 0.220 e. The Labute approximate surface area is 91.4 Å². The monoisotopic (exact) mass is 211 g/mol. The van der Waals surface area contributed by atoms with Crippen molar-refractivity contribution in [2.24, 2.45) is 5.92 Å². The van der Waals surface area contributed by atoms with E-state index in [9.17, 15) is 4.79 Å². The lowest BCUT2D eigenvalue weighted by Gasteiger charge is -2.27. The van der Waals surface area contributed by atoms with Crippen LogP contribution in [0.4, 0.5) is 0 Å². The molecule has 2 aliphatic rings. The fraction of sp³-hybridized carbons (Fsp3) is 0.909. The van der Waals surface area contributed by atoms with Crippen LogP contribution in [0.3, 0.4) is 0 Å². The minimum atomic E-state index is 0.243. The van der Waals surface area contributed by atoms with Crippen molar-refractivity contribution in [3.63, 3.8) is 0 Å². The van der Waals surface area contributed by atoms with Crippen LogP contribution >= 0.6 is 0 Å². The maximum atomic E-state index is 11.4. The Morgan fingerprint density at radius 1 is 1.33 bits per heavy atom. The van der Waals surface area contributed by atoms with Crippen molar-refractivity contribution in [3.05, 3.63) is 0 Å². The SMILES string of the molecule is O=C(CC1CC1)NCCN1CCNCC1. The molecule has 0 aromatic rings. The van der Waals surface area contributed by atoms with Crippen LogP contribution in [0, 0.1) is 5.92 Å². The molecule has 0 unspecified atom stereocenters. The molecule has 4 heteroatoms. The molecule has 1 saturated heterocycles. The second kappa shape index (κ2) is 5.47. The summed E-state index contributed by atoms with van der Waals surface area (Å²) < 4.78 is 0. The lowest BCUT2D eigenvalue weighted by atomic mass is 10.3. The van der Waals surface area contributed by atoms with Crippen LogP contribution < -0.4 is 10.6 Å². The number of rotatable bonds is 5. The molecule has 1 amide bonds. The summed E-state index contributed by atoms with van der Waals surface area (Å²) in [6.45, 7) is 6.19. The number of nitrogens with one attached hydrogen (secondary N) is 2. The second-order valence-corrected chi connectivity index (χ2v) is 4.59. The van der Waals surface area contributed by atoms with Crippen LogP contribution in [0.5, 0.6) is 0 Å². The summed E-state index contributed by atoms with van der Waals surface area (Å²) >= 11 is 0. The lowest BCUT2D eigenvalue weighted by Crippen LogP contribution is -2.46. The highest BCUT2D eigenvalue weighted by atomic mass is 16.1. The van der Waals surface area contributed by atoms with Crippen LogP contribution in [0.25, 0.3) is 0 Å². The number of hydrogen-bond acceptors (Lipinski definition) is 3. The Bertz CT molecular complexity index is 210. The molecule has 2 rings (SSSR count). The number of amides is 1. The average Bonchev–Trinajstić information content (AvgIpc) is 3.03. The smallest absolute Gasteiger partial charge is 0.220 e. The molecule has 0 spiro atoms. The fourth-order valence-corrected chi connectivity index (χ4v) is 1.94. The maximum absolute atomic E-state index is 11.4. The van der Waals surface area contributed by atoms with E-state index in [1.807, 2.05) is 0 Å². The number of hydrogen-bond donors (Lipinski definition) is 2. The van der Waals surface area contributed by atoms with E-state index in [-0.39, 0.29) is 5.91 Å². The van der Waals surface area contributed by atoms with Gasteiger partial charge in [0, 0.05) is 45.7 Å². The van der Waals surface area contributed by atoms with E-state index in [1.54, 1.807) is 0 Å². The van der Waals surface area contributed by atoms with Crippen molar-refractivity contribution in [3.8, 4) is 0 Å². The number of carbonyl (C=O) groups excluding carboxylic acids is 1. The first-order chi connectivity index (χ1) is 7.34. The van der Waals surface area contributed by atoms with Gasteiger partial charge in [-0.3, -0.25) is 9.69 Å². The lowest BCUT2D eigenvalue weighted by molar-refractivity contribution is -0.121. The van der Waals surface area contributed by atoms with Crippen molar-refractivity contribution in [1.29, 1.82) is 0 Å². The van der Waals surface area contributed by atoms with E-state index >= 15 is 0 Å². The number of nitrogens with zero attached hydrogens (tertiary/aromatic N) is 1. The van der Waals surface area contributed by atoms with Gasteiger partial charge in [-0.1, -0.05) is 0 Å². The molecule has 86 valence electrons. The van der Waals surface area contributed by atoms with E-state index in [2.05, 4.69) is 15.5 Å². The summed E-state index contributed by atoms with van der Waals surface area (Å²) in [5.41, 5.74) is 0. The van der Waals surface area contributed by atoms with Crippen molar-refractivity contribution >= 4 is 5.91 Å². The zero-order valence-electron chi connectivity index (χ0n) is 9.30. The van der Waals surface area contributed by atoms with Gasteiger partial charge >= 0.3 is 0 Å². The van der Waals surface area contributed by atoms with Crippen molar-refractivity contribution in [2.45, 2.75) is 19.3 Å². The molecule has 0 aromatic heterocycles. The summed E-state index contributed by atoms with van der Waals surface area (Å²) in [5.74, 6) is 0.942. The fourth-order valence-electron chi connectivity index (χ4n) is 1.94. The summed E-state index contributed by atoms with van der Waals surface area (Å²) in [6, 6.07) is 0. The largest absolute Gasteiger partial charge is 0.355 e. The summed E-state index contributed by atoms with van der Waals surface area (Å²) in [5, 5.41) is 6.32. The topological polar surface area (TPSA) is 44.4 Å². The molecule has 4 nitrogen and oxygen atoms in total. The van der Waals surface area contributed by atoms with Gasteiger partial charge in [0.2, 0.25) is 5.91 Å². The molecule has 2 fully saturated rings. The molecule has 2 N–H and O–H groups in total. The summed E-state index contributed by atoms with van der Waals surface area (Å²) in [4.78, 5) is 13.8. The highest BCUT2D eigenvalue weighted by Crippen LogP contribution is 2.31. The Hall–Kier alpha value is -0.610. The van der Waals surface area contributed by atoms with Gasteiger partial charge in [-0.15, -0.1) is 0 Å². The van der Waals surface area contributed by atoms with Crippen LogP contribution in [0.1, 0.15) is 19.3 Å². The average molecular weight is 211 g/mol. The van der Waals surface area contributed by atoms with Gasteiger partial charge in [0.15, 0.2) is 0 Å². The first kappa shape index (κ1) is 10.9. The standard InChI is InChI=1S/C11H21N3O/c15-11(9-10-1-2-10)13-5-8-14-6-3-12-4-7-14/h10,12H,1-9H2,(H,13,15). The zero-order valence-corrected chi connectivity index (χ0v) is 9.30. The molecule has 1 saturated carbocycles. The summed E-state index contributed by atoms with van der Waals surface area (Å²) in [7, 11) is 0. The predicted octanol–water partition coefficient (Wildman–Crippen LogP) is -0.192. The van der Waals surface area contributed by atoms with Gasteiger partial charge in [-0.25, -0.2) is 0 Å². The van der Waals surface area contributed by atoms with E-state index < -0.39 is 0 Å². The van der Waals surface area contributed by atoms with Gasteiger partial charge in [0.1, 0.15) is 0 Å². The Kier molecular flexibility index (Phi) is 3.97. The third kappa shape index (κ3) is 4.18. The van der Waals surface area contributed by atoms with Crippen LogP contribution in [0.15, 0.2) is 0 Å². The molecular weight excluding hydrogens is 190 g/mol. The van der Waals surface area contributed by atoms with Crippen molar-refractivity contribution < 1.29 is 4.79 Å². The third-order valence-electron chi connectivity index (χ3n) is 3.13. The molecule has 0 radical (unpaired) electrons. The Balaban J connectivity index is 1.51. The van der Waals surface area contributed by atoms with Crippen LogP contribution in [-0.2, 0) is 4.79 Å². The highest BCUT2D eigenvalue weighted by Gasteiger charge is 2.24. The second-order valence-electron chi connectivity index (χ2n) is 4.59. The van der Waals surface area contributed by atoms with E-state index in [1.165, 1.54) is 12.8 Å². The molecule has 0 atom stereocenters. The van der Waals surface area contributed by atoms with Crippen molar-refractivity contribution in [1.82, 2.24) is 15.5 Å². The quantitative estimate of drug-likeness (QED) is 0.662. The first-order valence-electron chi connectivity index (χ1n) is 6.04. The van der Waals surface area contributed by atoms with Crippen molar-refractivity contribution in [2.75, 3.05) is 39.3 Å². The van der Waals surface area contributed by atoms with Crippen LogP contribution in [0.2, 0.25) is 0 Å². The number of carbonyl (C=O) groups is 1. The normalized spacial score (nSPS) is 22.7.